The zero-order valence-corrected chi connectivity index (χ0v) is 10.3. The Kier molecular flexibility index (Phi) is 3.83. The summed E-state index contributed by atoms with van der Waals surface area (Å²) in [5.74, 6) is 1.11. The predicted octanol–water partition coefficient (Wildman–Crippen LogP) is 1.48. The first-order valence-corrected chi connectivity index (χ1v) is 6.34. The van der Waals surface area contributed by atoms with E-state index in [1.165, 1.54) is 19.4 Å². The van der Waals surface area contributed by atoms with Crippen molar-refractivity contribution < 1.29 is 0 Å². The zero-order valence-electron chi connectivity index (χ0n) is 10.3. The van der Waals surface area contributed by atoms with Gasteiger partial charge in [-0.3, -0.25) is 0 Å². The van der Waals surface area contributed by atoms with E-state index in [4.69, 9.17) is 0 Å². The van der Waals surface area contributed by atoms with Crippen LogP contribution in [0.1, 0.15) is 26.7 Å². The minimum atomic E-state index is 0.641. The molecule has 0 bridgehead atoms. The molecule has 1 aromatic heterocycles. The molecule has 0 spiro atoms. The lowest BCUT2D eigenvalue weighted by molar-refractivity contribution is 0.571. The molecular formula is C12H22N4. The second kappa shape index (κ2) is 5.34. The van der Waals surface area contributed by atoms with Gasteiger partial charge in [-0.1, -0.05) is 0 Å². The first kappa shape index (κ1) is 11.5. The number of hydrogen-bond acceptors (Lipinski definition) is 3. The molecule has 1 fully saturated rings. The van der Waals surface area contributed by atoms with E-state index in [9.17, 15) is 0 Å². The van der Waals surface area contributed by atoms with Crippen LogP contribution in [0.5, 0.6) is 0 Å². The van der Waals surface area contributed by atoms with Crippen LogP contribution < -0.4 is 10.2 Å². The maximum absolute atomic E-state index is 4.46. The lowest BCUT2D eigenvalue weighted by Gasteiger charge is -2.25. The van der Waals surface area contributed by atoms with E-state index < -0.39 is 0 Å². The molecular weight excluding hydrogens is 200 g/mol. The fourth-order valence-corrected chi connectivity index (χ4v) is 2.36. The molecule has 1 N–H and O–H groups in total. The Labute approximate surface area is 97.7 Å². The van der Waals surface area contributed by atoms with E-state index in [2.05, 4.69) is 39.8 Å². The summed E-state index contributed by atoms with van der Waals surface area (Å²) in [7, 11) is 0. The van der Waals surface area contributed by atoms with Crippen LogP contribution in [-0.4, -0.2) is 35.2 Å². The molecule has 4 heteroatoms. The zero-order chi connectivity index (χ0) is 11.4. The number of hydrogen-bond donors (Lipinski definition) is 1. The largest absolute Gasteiger partial charge is 0.341 e. The van der Waals surface area contributed by atoms with E-state index >= 15 is 0 Å². The van der Waals surface area contributed by atoms with Crippen molar-refractivity contribution in [2.24, 2.45) is 0 Å². The highest BCUT2D eigenvalue weighted by Crippen LogP contribution is 2.14. The lowest BCUT2D eigenvalue weighted by Crippen LogP contribution is -2.38. The molecule has 1 saturated heterocycles. The fourth-order valence-electron chi connectivity index (χ4n) is 2.36. The SMILES string of the molecule is CCN(CC1CCCN1)c1nccn1CC. The topological polar surface area (TPSA) is 33.1 Å². The molecule has 0 amide bonds. The van der Waals surface area contributed by atoms with Crippen molar-refractivity contribution in [3.63, 3.8) is 0 Å². The Balaban J connectivity index is 2.03. The minimum Gasteiger partial charge on any atom is -0.341 e. The van der Waals surface area contributed by atoms with Crippen molar-refractivity contribution in [3.05, 3.63) is 12.4 Å². The van der Waals surface area contributed by atoms with E-state index in [1.54, 1.807) is 0 Å². The average Bonchev–Trinajstić information content (AvgIpc) is 2.96. The Bertz CT molecular complexity index is 315. The molecule has 2 heterocycles. The number of aryl methyl sites for hydroxylation is 1. The Hall–Kier alpha value is -1.03. The minimum absolute atomic E-state index is 0.641. The third kappa shape index (κ3) is 2.38. The quantitative estimate of drug-likeness (QED) is 0.819. The van der Waals surface area contributed by atoms with Crippen LogP contribution in [0.2, 0.25) is 0 Å². The van der Waals surface area contributed by atoms with Crippen LogP contribution in [-0.2, 0) is 6.54 Å². The van der Waals surface area contributed by atoms with E-state index in [1.807, 2.05) is 6.20 Å². The first-order chi connectivity index (χ1) is 7.85. The Morgan fingerprint density at radius 1 is 1.56 bits per heavy atom. The van der Waals surface area contributed by atoms with Crippen LogP contribution >= 0.6 is 0 Å². The van der Waals surface area contributed by atoms with Crippen LogP contribution in [0.15, 0.2) is 12.4 Å². The number of nitrogens with one attached hydrogen (secondary N) is 1. The van der Waals surface area contributed by atoms with E-state index in [-0.39, 0.29) is 0 Å². The van der Waals surface area contributed by atoms with Gasteiger partial charge in [-0.05, 0) is 33.2 Å². The van der Waals surface area contributed by atoms with Crippen molar-refractivity contribution in [1.29, 1.82) is 0 Å². The van der Waals surface area contributed by atoms with E-state index in [0.29, 0.717) is 6.04 Å². The fraction of sp³-hybridized carbons (Fsp3) is 0.750. The summed E-state index contributed by atoms with van der Waals surface area (Å²) in [6.45, 7) is 8.62. The van der Waals surface area contributed by atoms with Crippen molar-refractivity contribution in [2.45, 2.75) is 39.3 Å². The van der Waals surface area contributed by atoms with Gasteiger partial charge in [-0.25, -0.2) is 4.98 Å². The summed E-state index contributed by atoms with van der Waals surface area (Å²) in [4.78, 5) is 6.83. The molecule has 90 valence electrons. The third-order valence-corrected chi connectivity index (χ3v) is 3.30. The summed E-state index contributed by atoms with van der Waals surface area (Å²) in [6.07, 6.45) is 6.55. The number of aromatic nitrogens is 2. The van der Waals surface area contributed by atoms with Crippen LogP contribution in [0.25, 0.3) is 0 Å². The maximum atomic E-state index is 4.46. The first-order valence-electron chi connectivity index (χ1n) is 6.34. The Morgan fingerprint density at radius 3 is 3.06 bits per heavy atom. The molecule has 1 aromatic rings. The summed E-state index contributed by atoms with van der Waals surface area (Å²) < 4.78 is 2.21. The molecule has 0 aromatic carbocycles. The van der Waals surface area contributed by atoms with Crippen molar-refractivity contribution >= 4 is 5.95 Å². The summed E-state index contributed by atoms with van der Waals surface area (Å²) in [6, 6.07) is 0.641. The van der Waals surface area contributed by atoms with Crippen LogP contribution in [0.4, 0.5) is 5.95 Å². The number of anilines is 1. The molecule has 1 unspecified atom stereocenters. The molecule has 1 aliphatic heterocycles. The molecule has 1 atom stereocenters. The highest BCUT2D eigenvalue weighted by Gasteiger charge is 2.19. The van der Waals surface area contributed by atoms with Gasteiger partial charge in [-0.2, -0.15) is 0 Å². The number of nitrogens with zero attached hydrogens (tertiary/aromatic N) is 3. The maximum Gasteiger partial charge on any atom is 0.205 e. The second-order valence-electron chi connectivity index (χ2n) is 4.35. The number of rotatable bonds is 5. The van der Waals surface area contributed by atoms with Crippen molar-refractivity contribution in [3.8, 4) is 0 Å². The van der Waals surface area contributed by atoms with Gasteiger partial charge >= 0.3 is 0 Å². The highest BCUT2D eigenvalue weighted by atomic mass is 15.3. The van der Waals surface area contributed by atoms with Gasteiger partial charge in [0.05, 0.1) is 0 Å². The van der Waals surface area contributed by atoms with Gasteiger partial charge in [0, 0.05) is 38.1 Å². The standard InChI is InChI=1S/C12H22N4/c1-3-15-9-8-14-12(15)16(4-2)10-11-6-5-7-13-11/h8-9,11,13H,3-7,10H2,1-2H3. The molecule has 2 rings (SSSR count). The monoisotopic (exact) mass is 222 g/mol. The smallest absolute Gasteiger partial charge is 0.205 e. The van der Waals surface area contributed by atoms with Gasteiger partial charge in [0.1, 0.15) is 0 Å². The van der Waals surface area contributed by atoms with Gasteiger partial charge < -0.3 is 14.8 Å². The van der Waals surface area contributed by atoms with Gasteiger partial charge in [-0.15, -0.1) is 0 Å². The number of imidazole rings is 1. The van der Waals surface area contributed by atoms with Crippen LogP contribution in [0.3, 0.4) is 0 Å². The summed E-state index contributed by atoms with van der Waals surface area (Å²) in [5, 5.41) is 3.54. The number of likely N-dealkylation sites (N-methyl/N-ethyl adjacent to an activating group) is 1. The van der Waals surface area contributed by atoms with Crippen molar-refractivity contribution in [1.82, 2.24) is 14.9 Å². The van der Waals surface area contributed by atoms with E-state index in [0.717, 1.165) is 25.6 Å². The lowest BCUT2D eigenvalue weighted by atomic mass is 10.2. The third-order valence-electron chi connectivity index (χ3n) is 3.30. The molecule has 0 aliphatic carbocycles. The van der Waals surface area contributed by atoms with Crippen molar-refractivity contribution in [2.75, 3.05) is 24.5 Å². The van der Waals surface area contributed by atoms with Gasteiger partial charge in [0.15, 0.2) is 0 Å². The average molecular weight is 222 g/mol. The Morgan fingerprint density at radius 2 is 2.44 bits per heavy atom. The second-order valence-corrected chi connectivity index (χ2v) is 4.35. The molecule has 4 nitrogen and oxygen atoms in total. The van der Waals surface area contributed by atoms with Gasteiger partial charge in [0.2, 0.25) is 5.95 Å². The van der Waals surface area contributed by atoms with Crippen LogP contribution in [0, 0.1) is 0 Å². The highest BCUT2D eigenvalue weighted by molar-refractivity contribution is 5.31. The molecule has 0 radical (unpaired) electrons. The van der Waals surface area contributed by atoms with Gasteiger partial charge in [0.25, 0.3) is 0 Å². The predicted molar refractivity (Wildman–Crippen MR) is 66.8 cm³/mol. The summed E-state index contributed by atoms with van der Waals surface area (Å²) in [5.41, 5.74) is 0. The summed E-state index contributed by atoms with van der Waals surface area (Å²) >= 11 is 0. The molecule has 1 aliphatic rings. The molecule has 0 saturated carbocycles. The normalized spacial score (nSPS) is 20.2. The molecule has 16 heavy (non-hydrogen) atoms.